The Balaban J connectivity index is 1.56. The summed E-state index contributed by atoms with van der Waals surface area (Å²) >= 11 is 0. The maximum Gasteiger partial charge on any atom is 0.261 e. The maximum absolute atomic E-state index is 13.9. The minimum absolute atomic E-state index is 0.0502. The summed E-state index contributed by atoms with van der Waals surface area (Å²) in [5.41, 5.74) is 0.957. The van der Waals surface area contributed by atoms with Gasteiger partial charge in [0, 0.05) is 17.2 Å². The van der Waals surface area contributed by atoms with Crippen LogP contribution in [0.4, 0.5) is 13.2 Å². The first-order chi connectivity index (χ1) is 14.5. The molecular formula is C22H15F3N2O3. The van der Waals surface area contributed by atoms with Gasteiger partial charge in [0.15, 0.2) is 11.5 Å². The Morgan fingerprint density at radius 1 is 0.900 bits per heavy atom. The lowest BCUT2D eigenvalue weighted by Gasteiger charge is -2.12. The number of hydrogen-bond donors (Lipinski definition) is 0. The summed E-state index contributed by atoms with van der Waals surface area (Å²) in [7, 11) is 1.45. The van der Waals surface area contributed by atoms with Crippen molar-refractivity contribution in [3.63, 3.8) is 0 Å². The van der Waals surface area contributed by atoms with Gasteiger partial charge in [-0.3, -0.25) is 0 Å². The van der Waals surface area contributed by atoms with Gasteiger partial charge in [-0.15, -0.1) is 0 Å². The third-order valence-corrected chi connectivity index (χ3v) is 4.35. The molecule has 0 N–H and O–H groups in total. The molecule has 5 nitrogen and oxygen atoms in total. The highest BCUT2D eigenvalue weighted by atomic mass is 19.1. The van der Waals surface area contributed by atoms with Gasteiger partial charge in [-0.1, -0.05) is 17.3 Å². The Morgan fingerprint density at radius 2 is 1.73 bits per heavy atom. The van der Waals surface area contributed by atoms with Crippen molar-refractivity contribution >= 4 is 0 Å². The summed E-state index contributed by atoms with van der Waals surface area (Å²) < 4.78 is 56.9. The average Bonchev–Trinajstić information content (AvgIpc) is 3.23. The van der Waals surface area contributed by atoms with Crippen LogP contribution in [0.25, 0.3) is 22.8 Å². The van der Waals surface area contributed by atoms with Crippen molar-refractivity contribution in [3.8, 4) is 34.3 Å². The molecule has 0 unspecified atom stereocenters. The van der Waals surface area contributed by atoms with Gasteiger partial charge in [0.2, 0.25) is 5.82 Å². The molecule has 0 aliphatic rings. The fourth-order valence-electron chi connectivity index (χ4n) is 2.80. The molecule has 0 bridgehead atoms. The highest BCUT2D eigenvalue weighted by molar-refractivity contribution is 5.63. The minimum atomic E-state index is -0.696. The van der Waals surface area contributed by atoms with Gasteiger partial charge in [-0.2, -0.15) is 4.98 Å². The first-order valence-corrected chi connectivity index (χ1v) is 8.89. The van der Waals surface area contributed by atoms with Gasteiger partial charge in [-0.05, 0) is 42.5 Å². The molecule has 1 aromatic heterocycles. The van der Waals surface area contributed by atoms with Crippen LogP contribution in [0.5, 0.6) is 11.5 Å². The molecule has 0 radical (unpaired) electrons. The van der Waals surface area contributed by atoms with Crippen molar-refractivity contribution in [2.75, 3.05) is 7.11 Å². The molecular weight excluding hydrogens is 397 g/mol. The van der Waals surface area contributed by atoms with Crippen LogP contribution < -0.4 is 9.47 Å². The molecule has 152 valence electrons. The van der Waals surface area contributed by atoms with Crippen LogP contribution in [0.15, 0.2) is 65.2 Å². The van der Waals surface area contributed by atoms with Crippen LogP contribution in [0.1, 0.15) is 5.56 Å². The summed E-state index contributed by atoms with van der Waals surface area (Å²) in [6.45, 7) is -0.110. The molecule has 4 rings (SSSR count). The first kappa shape index (κ1) is 19.5. The van der Waals surface area contributed by atoms with Crippen molar-refractivity contribution < 1.29 is 27.2 Å². The Bertz CT molecular complexity index is 1190. The normalized spacial score (nSPS) is 10.8. The maximum atomic E-state index is 13.9. The molecule has 3 aromatic carbocycles. The van der Waals surface area contributed by atoms with E-state index in [-0.39, 0.29) is 29.4 Å². The molecule has 0 aliphatic carbocycles. The number of rotatable bonds is 6. The second-order valence-electron chi connectivity index (χ2n) is 6.29. The second-order valence-corrected chi connectivity index (χ2v) is 6.29. The third kappa shape index (κ3) is 3.98. The van der Waals surface area contributed by atoms with E-state index in [1.165, 1.54) is 19.2 Å². The molecule has 0 amide bonds. The van der Waals surface area contributed by atoms with Crippen molar-refractivity contribution in [2.45, 2.75) is 6.61 Å². The molecule has 0 fully saturated rings. The topological polar surface area (TPSA) is 57.4 Å². The minimum Gasteiger partial charge on any atom is -0.493 e. The molecule has 8 heteroatoms. The molecule has 0 saturated heterocycles. The molecule has 4 aromatic rings. The smallest absolute Gasteiger partial charge is 0.261 e. The monoisotopic (exact) mass is 412 g/mol. The lowest BCUT2D eigenvalue weighted by molar-refractivity contribution is 0.279. The fraction of sp³-hybridized carbons (Fsp3) is 0.0909. The van der Waals surface area contributed by atoms with E-state index in [2.05, 4.69) is 10.1 Å². The van der Waals surface area contributed by atoms with E-state index in [0.29, 0.717) is 17.1 Å². The van der Waals surface area contributed by atoms with Crippen molar-refractivity contribution in [1.29, 1.82) is 0 Å². The predicted molar refractivity (Wildman–Crippen MR) is 102 cm³/mol. The summed E-state index contributed by atoms with van der Waals surface area (Å²) in [4.78, 5) is 4.23. The number of methoxy groups -OCH3 is 1. The molecule has 0 atom stereocenters. The SMILES string of the molecule is COc1cc(-c2noc(-c3ccccc3F)n2)ccc1OCc1ccc(F)cc1F. The standard InChI is InChI=1S/C22H15F3N2O3/c1-28-20-10-13(21-26-22(30-27-21)16-4-2-3-5-17(16)24)7-9-19(20)29-12-14-6-8-15(23)11-18(14)25/h2-11H,12H2,1H3. The van der Waals surface area contributed by atoms with Gasteiger partial charge < -0.3 is 14.0 Å². The highest BCUT2D eigenvalue weighted by Crippen LogP contribution is 2.33. The highest BCUT2D eigenvalue weighted by Gasteiger charge is 2.16. The number of nitrogens with zero attached hydrogens (tertiary/aromatic N) is 2. The van der Waals surface area contributed by atoms with Gasteiger partial charge in [0.05, 0.1) is 12.7 Å². The molecule has 30 heavy (non-hydrogen) atoms. The van der Waals surface area contributed by atoms with Gasteiger partial charge in [0.25, 0.3) is 5.89 Å². The zero-order valence-electron chi connectivity index (χ0n) is 15.7. The lowest BCUT2D eigenvalue weighted by Crippen LogP contribution is -2.00. The zero-order chi connectivity index (χ0) is 21.1. The quantitative estimate of drug-likeness (QED) is 0.424. The van der Waals surface area contributed by atoms with Crippen LogP contribution >= 0.6 is 0 Å². The van der Waals surface area contributed by atoms with Gasteiger partial charge in [0.1, 0.15) is 24.1 Å². The van der Waals surface area contributed by atoms with Crippen molar-refractivity contribution in [2.24, 2.45) is 0 Å². The number of halogens is 3. The Kier molecular flexibility index (Phi) is 5.38. The summed E-state index contributed by atoms with van der Waals surface area (Å²) in [6.07, 6.45) is 0. The van der Waals surface area contributed by atoms with E-state index in [0.717, 1.165) is 12.1 Å². The van der Waals surface area contributed by atoms with E-state index >= 15 is 0 Å². The van der Waals surface area contributed by atoms with Crippen molar-refractivity contribution in [1.82, 2.24) is 10.1 Å². The molecule has 0 saturated carbocycles. The van der Waals surface area contributed by atoms with Crippen LogP contribution in [-0.2, 0) is 6.61 Å². The number of aromatic nitrogens is 2. The number of hydrogen-bond acceptors (Lipinski definition) is 5. The molecule has 1 heterocycles. The summed E-state index contributed by atoms with van der Waals surface area (Å²) in [5, 5.41) is 3.89. The van der Waals surface area contributed by atoms with Crippen LogP contribution in [0, 0.1) is 17.5 Å². The lowest BCUT2D eigenvalue weighted by atomic mass is 10.2. The molecule has 0 spiro atoms. The first-order valence-electron chi connectivity index (χ1n) is 8.89. The third-order valence-electron chi connectivity index (χ3n) is 4.35. The van der Waals surface area contributed by atoms with Crippen LogP contribution in [-0.4, -0.2) is 17.3 Å². The van der Waals surface area contributed by atoms with Crippen molar-refractivity contribution in [3.05, 3.63) is 83.7 Å². The summed E-state index contributed by atoms with van der Waals surface area (Å²) in [6, 6.07) is 14.2. The average molecular weight is 412 g/mol. The van der Waals surface area contributed by atoms with Gasteiger partial charge in [-0.25, -0.2) is 13.2 Å². The Labute approximate surface area is 169 Å². The van der Waals surface area contributed by atoms with E-state index in [4.69, 9.17) is 14.0 Å². The fourth-order valence-corrected chi connectivity index (χ4v) is 2.80. The predicted octanol–water partition coefficient (Wildman–Crippen LogP) is 5.41. The van der Waals surface area contributed by atoms with E-state index in [9.17, 15) is 13.2 Å². The van der Waals surface area contributed by atoms with E-state index < -0.39 is 17.5 Å². The Hall–Kier alpha value is -3.81. The van der Waals surface area contributed by atoms with Crippen LogP contribution in [0.3, 0.4) is 0 Å². The largest absolute Gasteiger partial charge is 0.493 e. The number of ether oxygens (including phenoxy) is 2. The molecule has 0 aliphatic heterocycles. The number of benzene rings is 3. The Morgan fingerprint density at radius 3 is 2.50 bits per heavy atom. The second kappa shape index (κ2) is 8.28. The van der Waals surface area contributed by atoms with Gasteiger partial charge >= 0.3 is 0 Å². The van der Waals surface area contributed by atoms with E-state index in [1.807, 2.05) is 0 Å². The zero-order valence-corrected chi connectivity index (χ0v) is 15.7. The summed E-state index contributed by atoms with van der Waals surface area (Å²) in [5.74, 6) is -0.833. The van der Waals surface area contributed by atoms with Crippen LogP contribution in [0.2, 0.25) is 0 Å². The van der Waals surface area contributed by atoms with E-state index in [1.54, 1.807) is 36.4 Å².